The predicted octanol–water partition coefficient (Wildman–Crippen LogP) is 3.23. The van der Waals surface area contributed by atoms with Crippen LogP contribution in [0.3, 0.4) is 0 Å². The van der Waals surface area contributed by atoms with Crippen molar-refractivity contribution in [1.82, 2.24) is 19.8 Å². The van der Waals surface area contributed by atoms with Gasteiger partial charge in [-0.1, -0.05) is 17.6 Å². The Morgan fingerprint density at radius 1 is 1.24 bits per heavy atom. The first-order valence-electron chi connectivity index (χ1n) is 10.8. The molecule has 0 unspecified atom stereocenters. The zero-order chi connectivity index (χ0) is 23.3. The van der Waals surface area contributed by atoms with Crippen molar-refractivity contribution >= 4 is 27.3 Å². The van der Waals surface area contributed by atoms with Crippen molar-refractivity contribution < 1.29 is 22.5 Å². The summed E-state index contributed by atoms with van der Waals surface area (Å²) in [6.45, 7) is 1.20. The Morgan fingerprint density at radius 3 is 2.79 bits per heavy atom. The van der Waals surface area contributed by atoms with E-state index in [2.05, 4.69) is 15.5 Å². The minimum Gasteiger partial charge on any atom is -0.496 e. The second kappa shape index (κ2) is 10.4. The summed E-state index contributed by atoms with van der Waals surface area (Å²) in [6, 6.07) is 8.62. The first-order valence-corrected chi connectivity index (χ1v) is 13.1. The summed E-state index contributed by atoms with van der Waals surface area (Å²) in [5, 5.41) is 8.61. The van der Waals surface area contributed by atoms with Gasteiger partial charge < -0.3 is 14.6 Å². The molecule has 0 saturated carbocycles. The maximum Gasteiger partial charge on any atom is 0.246 e. The molecule has 2 aromatic heterocycles. The lowest BCUT2D eigenvalue weighted by atomic mass is 10.1. The molecule has 1 fully saturated rings. The normalized spacial score (nSPS) is 14.8. The number of methoxy groups -OCH3 is 1. The second-order valence-corrected chi connectivity index (χ2v) is 10.6. The van der Waals surface area contributed by atoms with Gasteiger partial charge in [0.2, 0.25) is 27.6 Å². The Balaban J connectivity index is 1.37. The lowest BCUT2D eigenvalue weighted by Gasteiger charge is -2.26. The van der Waals surface area contributed by atoms with Crippen LogP contribution in [0.2, 0.25) is 0 Å². The molecule has 0 radical (unpaired) electrons. The topological polar surface area (TPSA) is 115 Å². The molecule has 1 amide bonds. The minimum atomic E-state index is -3.56. The van der Waals surface area contributed by atoms with E-state index >= 15 is 0 Å². The van der Waals surface area contributed by atoms with Crippen molar-refractivity contribution in [2.45, 2.75) is 43.5 Å². The molecule has 1 N–H and O–H groups in total. The van der Waals surface area contributed by atoms with Crippen LogP contribution in [0.5, 0.6) is 5.75 Å². The molecule has 9 nitrogen and oxygen atoms in total. The van der Waals surface area contributed by atoms with Gasteiger partial charge in [0.05, 0.1) is 23.4 Å². The molecule has 1 aliphatic rings. The highest BCUT2D eigenvalue weighted by molar-refractivity contribution is 7.89. The molecule has 4 rings (SSSR count). The lowest BCUT2D eigenvalue weighted by Crippen LogP contribution is -2.35. The molecule has 0 spiro atoms. The number of aryl methyl sites for hydroxylation is 1. The molecule has 0 atom stereocenters. The number of benzene rings is 1. The van der Waals surface area contributed by atoms with E-state index in [1.807, 2.05) is 17.5 Å². The number of ether oxygens (including phenoxy) is 1. The number of nitrogens with zero attached hydrogens (tertiary/aromatic N) is 3. The van der Waals surface area contributed by atoms with Gasteiger partial charge >= 0.3 is 0 Å². The SMILES string of the molecule is COc1ccc(S(=O)(=O)N2CCCCC2)cc1CCC(=O)NCc1nc(-c2cccs2)no1. The summed E-state index contributed by atoms with van der Waals surface area (Å²) in [5.41, 5.74) is 0.670. The number of hydrogen-bond acceptors (Lipinski definition) is 8. The van der Waals surface area contributed by atoms with Crippen LogP contribution in [-0.4, -0.2) is 49.0 Å². The van der Waals surface area contributed by atoms with E-state index in [1.54, 1.807) is 18.2 Å². The highest BCUT2D eigenvalue weighted by Crippen LogP contribution is 2.27. The number of aromatic nitrogens is 2. The summed E-state index contributed by atoms with van der Waals surface area (Å²) in [4.78, 5) is 17.8. The zero-order valence-corrected chi connectivity index (χ0v) is 20.0. The maximum atomic E-state index is 13.0. The van der Waals surface area contributed by atoms with E-state index in [0.29, 0.717) is 42.5 Å². The fourth-order valence-electron chi connectivity index (χ4n) is 3.71. The average molecular weight is 491 g/mol. The lowest BCUT2D eigenvalue weighted by molar-refractivity contribution is -0.121. The fraction of sp³-hybridized carbons (Fsp3) is 0.409. The largest absolute Gasteiger partial charge is 0.496 e. The van der Waals surface area contributed by atoms with E-state index in [0.717, 1.165) is 24.1 Å². The summed E-state index contributed by atoms with van der Waals surface area (Å²) in [5.74, 6) is 1.15. The summed E-state index contributed by atoms with van der Waals surface area (Å²) in [7, 11) is -2.03. The van der Waals surface area contributed by atoms with E-state index < -0.39 is 10.0 Å². The van der Waals surface area contributed by atoms with E-state index in [9.17, 15) is 13.2 Å². The third-order valence-electron chi connectivity index (χ3n) is 5.47. The molecule has 0 aliphatic carbocycles. The van der Waals surface area contributed by atoms with Crippen molar-refractivity contribution in [3.05, 3.63) is 47.2 Å². The van der Waals surface area contributed by atoms with Crippen molar-refractivity contribution in [2.24, 2.45) is 0 Å². The van der Waals surface area contributed by atoms with E-state index in [1.165, 1.54) is 22.8 Å². The van der Waals surface area contributed by atoms with Gasteiger partial charge in [0.1, 0.15) is 5.75 Å². The first kappa shape index (κ1) is 23.4. The number of hydrogen-bond donors (Lipinski definition) is 1. The van der Waals surface area contributed by atoms with Crippen LogP contribution in [0, 0.1) is 0 Å². The van der Waals surface area contributed by atoms with Crippen LogP contribution in [0.25, 0.3) is 10.7 Å². The number of amides is 1. The Labute approximate surface area is 196 Å². The van der Waals surface area contributed by atoms with Crippen molar-refractivity contribution in [2.75, 3.05) is 20.2 Å². The van der Waals surface area contributed by atoms with Gasteiger partial charge in [-0.2, -0.15) is 9.29 Å². The third kappa shape index (κ3) is 5.60. The monoisotopic (exact) mass is 490 g/mol. The molecule has 176 valence electrons. The Hall–Kier alpha value is -2.76. The number of carbonyl (C=O) groups excluding carboxylic acids is 1. The van der Waals surface area contributed by atoms with Crippen LogP contribution in [-0.2, 0) is 27.8 Å². The average Bonchev–Trinajstić information content (AvgIpc) is 3.54. The second-order valence-electron chi connectivity index (χ2n) is 7.70. The third-order valence-corrected chi connectivity index (χ3v) is 8.23. The Bertz CT molecular complexity index is 1190. The van der Waals surface area contributed by atoms with Crippen molar-refractivity contribution in [1.29, 1.82) is 0 Å². The van der Waals surface area contributed by atoms with Gasteiger partial charge in [-0.25, -0.2) is 8.42 Å². The Morgan fingerprint density at radius 2 is 2.06 bits per heavy atom. The molecule has 1 aliphatic heterocycles. The number of rotatable bonds is 9. The van der Waals surface area contributed by atoms with Crippen molar-refractivity contribution in [3.8, 4) is 16.5 Å². The van der Waals surface area contributed by atoms with Gasteiger partial charge in [-0.3, -0.25) is 4.79 Å². The summed E-state index contributed by atoms with van der Waals surface area (Å²) >= 11 is 1.50. The molecule has 0 bridgehead atoms. The van der Waals surface area contributed by atoms with Crippen LogP contribution >= 0.6 is 11.3 Å². The summed E-state index contributed by atoms with van der Waals surface area (Å²) < 4.78 is 38.1. The van der Waals surface area contributed by atoms with Gasteiger partial charge in [0.25, 0.3) is 0 Å². The van der Waals surface area contributed by atoms with E-state index in [4.69, 9.17) is 9.26 Å². The number of carbonyl (C=O) groups is 1. The quantitative estimate of drug-likeness (QED) is 0.490. The molecule has 1 aromatic carbocycles. The number of nitrogens with one attached hydrogen (secondary N) is 1. The minimum absolute atomic E-state index is 0.123. The molecule has 3 aromatic rings. The molecular formula is C22H26N4O5S2. The standard InChI is InChI=1S/C22H26N4O5S2/c1-30-18-9-8-17(33(28,29)26-11-3-2-4-12-26)14-16(18)7-10-20(27)23-15-21-24-22(25-31-21)19-6-5-13-32-19/h5-6,8-9,13-14H,2-4,7,10-12,15H2,1H3,(H,23,27). The molecule has 1 saturated heterocycles. The highest BCUT2D eigenvalue weighted by atomic mass is 32.2. The van der Waals surface area contributed by atoms with E-state index in [-0.39, 0.29) is 23.8 Å². The number of piperidine rings is 1. The number of sulfonamides is 1. The maximum absolute atomic E-state index is 13.0. The fourth-order valence-corrected chi connectivity index (χ4v) is 5.93. The van der Waals surface area contributed by atoms with Gasteiger partial charge in [0.15, 0.2) is 0 Å². The number of thiophene rings is 1. The summed E-state index contributed by atoms with van der Waals surface area (Å²) in [6.07, 6.45) is 3.29. The van der Waals surface area contributed by atoms with Crippen LogP contribution in [0.1, 0.15) is 37.1 Å². The highest BCUT2D eigenvalue weighted by Gasteiger charge is 2.26. The smallest absolute Gasteiger partial charge is 0.246 e. The van der Waals surface area contributed by atoms with Crippen LogP contribution in [0.4, 0.5) is 0 Å². The predicted molar refractivity (Wildman–Crippen MR) is 123 cm³/mol. The van der Waals surface area contributed by atoms with Crippen molar-refractivity contribution in [3.63, 3.8) is 0 Å². The molecule has 11 heteroatoms. The Kier molecular flexibility index (Phi) is 7.41. The zero-order valence-electron chi connectivity index (χ0n) is 18.3. The van der Waals surface area contributed by atoms with Gasteiger partial charge in [-0.15, -0.1) is 11.3 Å². The van der Waals surface area contributed by atoms with Gasteiger partial charge in [-0.05, 0) is 54.5 Å². The molecule has 3 heterocycles. The van der Waals surface area contributed by atoms with Crippen LogP contribution in [0.15, 0.2) is 45.1 Å². The van der Waals surface area contributed by atoms with Crippen LogP contribution < -0.4 is 10.1 Å². The van der Waals surface area contributed by atoms with Gasteiger partial charge in [0, 0.05) is 19.5 Å². The molecular weight excluding hydrogens is 464 g/mol. The first-order chi connectivity index (χ1) is 16.0. The molecule has 33 heavy (non-hydrogen) atoms.